The molecule has 0 saturated carbocycles. The third-order valence-electron chi connectivity index (χ3n) is 4.14. The van der Waals surface area contributed by atoms with Gasteiger partial charge in [-0.3, -0.25) is 4.79 Å². The maximum Gasteiger partial charge on any atom is 0.258 e. The van der Waals surface area contributed by atoms with Crippen molar-refractivity contribution in [2.45, 2.75) is 26.7 Å². The van der Waals surface area contributed by atoms with Crippen LogP contribution < -0.4 is 10.6 Å². The van der Waals surface area contributed by atoms with Crippen molar-refractivity contribution in [3.63, 3.8) is 0 Å². The molecule has 0 aliphatic carbocycles. The van der Waals surface area contributed by atoms with Crippen LogP contribution in [-0.2, 0) is 0 Å². The molecule has 1 heterocycles. The molecule has 1 amide bonds. The van der Waals surface area contributed by atoms with Crippen LogP contribution in [0.4, 0.5) is 17.3 Å². The molecule has 0 atom stereocenters. The quantitative estimate of drug-likeness (QED) is 0.689. The Bertz CT molecular complexity index is 904. The molecule has 0 fully saturated rings. The second-order valence-corrected chi connectivity index (χ2v) is 6.43. The monoisotopic (exact) mass is 346 g/mol. The van der Waals surface area contributed by atoms with Gasteiger partial charge in [-0.25, -0.2) is 9.97 Å². The minimum atomic E-state index is -0.222. The number of benzene rings is 2. The van der Waals surface area contributed by atoms with Crippen LogP contribution in [0.1, 0.15) is 41.3 Å². The van der Waals surface area contributed by atoms with Gasteiger partial charge in [0.05, 0.1) is 5.56 Å². The summed E-state index contributed by atoms with van der Waals surface area (Å²) in [5.41, 5.74) is 4.37. The molecule has 5 nitrogen and oxygen atoms in total. The molecule has 1 aromatic heterocycles. The first kappa shape index (κ1) is 17.6. The molecule has 0 radical (unpaired) electrons. The van der Waals surface area contributed by atoms with Gasteiger partial charge < -0.3 is 10.6 Å². The summed E-state index contributed by atoms with van der Waals surface area (Å²) >= 11 is 0. The van der Waals surface area contributed by atoms with Crippen molar-refractivity contribution in [1.29, 1.82) is 0 Å². The van der Waals surface area contributed by atoms with Crippen molar-refractivity contribution < 1.29 is 4.79 Å². The van der Waals surface area contributed by atoms with E-state index in [2.05, 4.69) is 34.4 Å². The summed E-state index contributed by atoms with van der Waals surface area (Å²) in [6.45, 7) is 6.20. The van der Waals surface area contributed by atoms with E-state index < -0.39 is 0 Å². The number of carbonyl (C=O) groups is 1. The van der Waals surface area contributed by atoms with Crippen LogP contribution in [0.3, 0.4) is 0 Å². The number of aromatic nitrogens is 2. The zero-order valence-corrected chi connectivity index (χ0v) is 15.2. The van der Waals surface area contributed by atoms with E-state index in [9.17, 15) is 4.79 Å². The molecule has 0 spiro atoms. The lowest BCUT2D eigenvalue weighted by Gasteiger charge is -2.13. The first-order valence-corrected chi connectivity index (χ1v) is 8.59. The van der Waals surface area contributed by atoms with Gasteiger partial charge in [0.2, 0.25) is 5.95 Å². The lowest BCUT2D eigenvalue weighted by Crippen LogP contribution is -2.14. The SMILES string of the molecule is Cc1ccccc1Nc1ncc(C(=O)Nc2ccccc2C(C)C)cn1. The van der Waals surface area contributed by atoms with E-state index in [1.54, 1.807) is 0 Å². The lowest BCUT2D eigenvalue weighted by molar-refractivity contribution is 0.102. The molecule has 2 N–H and O–H groups in total. The van der Waals surface area contributed by atoms with E-state index in [4.69, 9.17) is 0 Å². The molecule has 0 saturated heterocycles. The third-order valence-corrected chi connectivity index (χ3v) is 4.14. The molecule has 5 heteroatoms. The number of rotatable bonds is 5. The largest absolute Gasteiger partial charge is 0.324 e. The van der Waals surface area contributed by atoms with Crippen LogP contribution in [0.15, 0.2) is 60.9 Å². The van der Waals surface area contributed by atoms with Crippen LogP contribution in [0.25, 0.3) is 0 Å². The maximum atomic E-state index is 12.5. The predicted octanol–water partition coefficient (Wildman–Crippen LogP) is 4.90. The molecule has 0 unspecified atom stereocenters. The van der Waals surface area contributed by atoms with Gasteiger partial charge in [0, 0.05) is 23.8 Å². The van der Waals surface area contributed by atoms with Gasteiger partial charge in [0.1, 0.15) is 0 Å². The topological polar surface area (TPSA) is 66.9 Å². The van der Waals surface area contributed by atoms with Crippen LogP contribution in [0, 0.1) is 6.92 Å². The minimum absolute atomic E-state index is 0.222. The van der Waals surface area contributed by atoms with Crippen LogP contribution in [-0.4, -0.2) is 15.9 Å². The zero-order chi connectivity index (χ0) is 18.5. The van der Waals surface area contributed by atoms with E-state index >= 15 is 0 Å². The van der Waals surface area contributed by atoms with Crippen molar-refractivity contribution in [2.24, 2.45) is 0 Å². The highest BCUT2D eigenvalue weighted by molar-refractivity contribution is 6.04. The van der Waals surface area contributed by atoms with E-state index in [1.165, 1.54) is 12.4 Å². The van der Waals surface area contributed by atoms with Crippen molar-refractivity contribution >= 4 is 23.2 Å². The first-order valence-electron chi connectivity index (χ1n) is 8.59. The molecule has 0 aliphatic rings. The van der Waals surface area contributed by atoms with E-state index in [1.807, 2.05) is 55.5 Å². The number of amides is 1. The first-order chi connectivity index (χ1) is 12.5. The highest BCUT2D eigenvalue weighted by atomic mass is 16.1. The van der Waals surface area contributed by atoms with Crippen LogP contribution in [0.5, 0.6) is 0 Å². The number of nitrogens with one attached hydrogen (secondary N) is 2. The Morgan fingerprint density at radius 1 is 0.923 bits per heavy atom. The fourth-order valence-corrected chi connectivity index (χ4v) is 2.65. The van der Waals surface area contributed by atoms with Gasteiger partial charge in [-0.2, -0.15) is 0 Å². The van der Waals surface area contributed by atoms with Gasteiger partial charge in [-0.1, -0.05) is 50.2 Å². The van der Waals surface area contributed by atoms with E-state index in [0.29, 0.717) is 17.4 Å². The maximum absolute atomic E-state index is 12.5. The fraction of sp³-hybridized carbons (Fsp3) is 0.190. The smallest absolute Gasteiger partial charge is 0.258 e. The van der Waals surface area contributed by atoms with Gasteiger partial charge >= 0.3 is 0 Å². The molecule has 3 aromatic rings. The molecular formula is C21H22N4O. The fourth-order valence-electron chi connectivity index (χ4n) is 2.65. The number of nitrogens with zero attached hydrogens (tertiary/aromatic N) is 2. The number of hydrogen-bond acceptors (Lipinski definition) is 4. The Kier molecular flexibility index (Phi) is 5.27. The van der Waals surface area contributed by atoms with Crippen molar-refractivity contribution in [3.8, 4) is 0 Å². The van der Waals surface area contributed by atoms with Crippen molar-refractivity contribution in [2.75, 3.05) is 10.6 Å². The highest BCUT2D eigenvalue weighted by Crippen LogP contribution is 2.24. The number of carbonyl (C=O) groups excluding carboxylic acids is 1. The Labute approximate surface area is 153 Å². The second kappa shape index (κ2) is 7.78. The molecule has 3 rings (SSSR count). The normalized spacial score (nSPS) is 10.6. The van der Waals surface area contributed by atoms with E-state index in [0.717, 1.165) is 22.5 Å². The lowest BCUT2D eigenvalue weighted by atomic mass is 10.0. The predicted molar refractivity (Wildman–Crippen MR) is 105 cm³/mol. The number of aryl methyl sites for hydroxylation is 1. The third kappa shape index (κ3) is 4.06. The summed E-state index contributed by atoms with van der Waals surface area (Å²) < 4.78 is 0. The molecular weight excluding hydrogens is 324 g/mol. The van der Waals surface area contributed by atoms with Gasteiger partial charge in [-0.05, 0) is 36.1 Å². The molecule has 0 aliphatic heterocycles. The Morgan fingerprint density at radius 2 is 1.54 bits per heavy atom. The summed E-state index contributed by atoms with van der Waals surface area (Å²) in [7, 11) is 0. The second-order valence-electron chi connectivity index (χ2n) is 6.43. The molecule has 0 bridgehead atoms. The Balaban J connectivity index is 1.73. The summed E-state index contributed by atoms with van der Waals surface area (Å²) in [5, 5.41) is 6.11. The highest BCUT2D eigenvalue weighted by Gasteiger charge is 2.12. The number of hydrogen-bond donors (Lipinski definition) is 2. The standard InChI is InChI=1S/C21H22N4O/c1-14(2)17-9-5-7-11-19(17)24-20(26)16-12-22-21(23-13-16)25-18-10-6-4-8-15(18)3/h4-14H,1-3H3,(H,24,26)(H,22,23,25). The number of anilines is 3. The van der Waals surface area contributed by atoms with Gasteiger partial charge in [-0.15, -0.1) is 0 Å². The Hall–Kier alpha value is -3.21. The molecule has 26 heavy (non-hydrogen) atoms. The Morgan fingerprint density at radius 3 is 2.19 bits per heavy atom. The summed E-state index contributed by atoms with van der Waals surface area (Å²) in [5.74, 6) is 0.558. The zero-order valence-electron chi connectivity index (χ0n) is 15.2. The summed E-state index contributed by atoms with van der Waals surface area (Å²) in [6, 6.07) is 15.7. The van der Waals surface area contributed by atoms with Crippen molar-refractivity contribution in [1.82, 2.24) is 9.97 Å². The molecule has 132 valence electrons. The van der Waals surface area contributed by atoms with E-state index in [-0.39, 0.29) is 5.91 Å². The summed E-state index contributed by atoms with van der Waals surface area (Å²) in [6.07, 6.45) is 3.06. The van der Waals surface area contributed by atoms with Crippen molar-refractivity contribution in [3.05, 3.63) is 77.6 Å². The van der Waals surface area contributed by atoms with Gasteiger partial charge in [0.15, 0.2) is 0 Å². The summed E-state index contributed by atoms with van der Waals surface area (Å²) in [4.78, 5) is 21.0. The number of para-hydroxylation sites is 2. The van der Waals surface area contributed by atoms with Gasteiger partial charge in [0.25, 0.3) is 5.91 Å². The van der Waals surface area contributed by atoms with Crippen LogP contribution in [0.2, 0.25) is 0 Å². The van der Waals surface area contributed by atoms with Crippen LogP contribution >= 0.6 is 0 Å². The minimum Gasteiger partial charge on any atom is -0.324 e. The average molecular weight is 346 g/mol. The molecule has 2 aromatic carbocycles. The average Bonchev–Trinajstić information content (AvgIpc) is 2.64.